The van der Waals surface area contributed by atoms with E-state index in [4.69, 9.17) is 4.74 Å². The highest BCUT2D eigenvalue weighted by Crippen LogP contribution is 2.21. The number of H-pyrrole nitrogens is 1. The van der Waals surface area contributed by atoms with E-state index in [-0.39, 0.29) is 24.4 Å². The van der Waals surface area contributed by atoms with E-state index in [1.807, 2.05) is 38.1 Å². The number of carbonyl (C=O) groups excluding carboxylic acids is 1. The van der Waals surface area contributed by atoms with E-state index in [1.54, 1.807) is 30.2 Å². The van der Waals surface area contributed by atoms with E-state index >= 15 is 0 Å². The van der Waals surface area contributed by atoms with Crippen LogP contribution in [0.5, 0.6) is 5.75 Å². The predicted molar refractivity (Wildman–Crippen MR) is 105 cm³/mol. The van der Waals surface area contributed by atoms with Gasteiger partial charge in [-0.2, -0.15) is 0 Å². The number of ether oxygens (including phenoxy) is 1. The van der Waals surface area contributed by atoms with E-state index in [0.29, 0.717) is 29.0 Å². The van der Waals surface area contributed by atoms with Gasteiger partial charge in [-0.1, -0.05) is 29.8 Å². The molecule has 27 heavy (non-hydrogen) atoms. The molecule has 1 N–H and O–H groups in total. The SMILES string of the molecule is CCN(Cc1nc2ccccc2c(=O)[nH]1)C(=O)Cc1cc(C)ccc1OC. The lowest BCUT2D eigenvalue weighted by molar-refractivity contribution is -0.131. The van der Waals surface area contributed by atoms with Crippen molar-refractivity contribution in [2.75, 3.05) is 13.7 Å². The molecule has 0 fully saturated rings. The van der Waals surface area contributed by atoms with Gasteiger partial charge in [0.1, 0.15) is 11.6 Å². The third-order valence-corrected chi connectivity index (χ3v) is 4.51. The molecule has 140 valence electrons. The van der Waals surface area contributed by atoms with E-state index in [1.165, 1.54) is 0 Å². The maximum Gasteiger partial charge on any atom is 0.258 e. The molecule has 1 heterocycles. The van der Waals surface area contributed by atoms with Gasteiger partial charge in [0, 0.05) is 12.1 Å². The Balaban J connectivity index is 1.82. The molecule has 0 radical (unpaired) electrons. The summed E-state index contributed by atoms with van der Waals surface area (Å²) in [6, 6.07) is 13.0. The van der Waals surface area contributed by atoms with Crippen molar-refractivity contribution in [1.29, 1.82) is 0 Å². The van der Waals surface area contributed by atoms with Crippen LogP contribution < -0.4 is 10.3 Å². The molecule has 0 saturated heterocycles. The normalized spacial score (nSPS) is 10.8. The Morgan fingerprint density at radius 2 is 2.00 bits per heavy atom. The maximum atomic E-state index is 12.8. The van der Waals surface area contributed by atoms with Crippen LogP contribution >= 0.6 is 0 Å². The Bertz CT molecular complexity index is 1030. The lowest BCUT2D eigenvalue weighted by atomic mass is 10.1. The molecular weight excluding hydrogens is 342 g/mol. The van der Waals surface area contributed by atoms with E-state index in [9.17, 15) is 9.59 Å². The zero-order valence-electron chi connectivity index (χ0n) is 15.8. The quantitative estimate of drug-likeness (QED) is 0.729. The molecule has 3 rings (SSSR count). The number of nitrogens with zero attached hydrogens (tertiary/aromatic N) is 2. The number of hydrogen-bond acceptors (Lipinski definition) is 4. The lowest BCUT2D eigenvalue weighted by Crippen LogP contribution is -2.33. The van der Waals surface area contributed by atoms with Crippen molar-refractivity contribution >= 4 is 16.8 Å². The average molecular weight is 365 g/mol. The first kappa shape index (κ1) is 18.6. The Morgan fingerprint density at radius 1 is 1.22 bits per heavy atom. The van der Waals surface area contributed by atoms with Gasteiger partial charge >= 0.3 is 0 Å². The molecule has 0 saturated carbocycles. The summed E-state index contributed by atoms with van der Waals surface area (Å²) >= 11 is 0. The molecule has 0 aliphatic carbocycles. The van der Waals surface area contributed by atoms with Crippen LogP contribution in [0.25, 0.3) is 10.9 Å². The summed E-state index contributed by atoms with van der Waals surface area (Å²) in [7, 11) is 1.60. The molecule has 6 nitrogen and oxygen atoms in total. The fourth-order valence-electron chi connectivity index (χ4n) is 3.09. The molecule has 1 aromatic heterocycles. The van der Waals surface area contributed by atoms with Crippen molar-refractivity contribution in [2.45, 2.75) is 26.8 Å². The fraction of sp³-hybridized carbons (Fsp3) is 0.286. The van der Waals surface area contributed by atoms with Crippen LogP contribution in [-0.2, 0) is 17.8 Å². The highest BCUT2D eigenvalue weighted by Gasteiger charge is 2.17. The van der Waals surface area contributed by atoms with E-state index in [2.05, 4.69) is 9.97 Å². The first-order valence-corrected chi connectivity index (χ1v) is 8.91. The largest absolute Gasteiger partial charge is 0.496 e. The van der Waals surface area contributed by atoms with Crippen LogP contribution in [0.3, 0.4) is 0 Å². The number of hydrogen-bond donors (Lipinski definition) is 1. The summed E-state index contributed by atoms with van der Waals surface area (Å²) in [5, 5.41) is 0.542. The zero-order chi connectivity index (χ0) is 19.4. The smallest absolute Gasteiger partial charge is 0.258 e. The summed E-state index contributed by atoms with van der Waals surface area (Å²) in [6.45, 7) is 4.66. The zero-order valence-corrected chi connectivity index (χ0v) is 15.8. The Hall–Kier alpha value is -3.15. The third-order valence-electron chi connectivity index (χ3n) is 4.51. The number of carbonyl (C=O) groups is 1. The van der Waals surface area contributed by atoms with Crippen LogP contribution in [0, 0.1) is 6.92 Å². The van der Waals surface area contributed by atoms with E-state index in [0.717, 1.165) is 11.1 Å². The molecule has 0 spiro atoms. The molecule has 0 aliphatic rings. The minimum atomic E-state index is -0.195. The van der Waals surface area contributed by atoms with Gasteiger partial charge in [-0.15, -0.1) is 0 Å². The highest BCUT2D eigenvalue weighted by molar-refractivity contribution is 5.80. The number of aromatic nitrogens is 2. The van der Waals surface area contributed by atoms with Gasteiger partial charge < -0.3 is 14.6 Å². The number of likely N-dealkylation sites (N-methyl/N-ethyl adjacent to an activating group) is 1. The number of para-hydroxylation sites is 1. The molecule has 0 bridgehead atoms. The van der Waals surface area contributed by atoms with Crippen molar-refractivity contribution in [2.24, 2.45) is 0 Å². The first-order valence-electron chi connectivity index (χ1n) is 8.91. The van der Waals surface area contributed by atoms with Gasteiger partial charge in [0.2, 0.25) is 5.91 Å². The standard InChI is InChI=1S/C21H23N3O3/c1-4-24(20(25)12-15-11-14(2)9-10-18(15)27-3)13-19-22-17-8-6-5-7-16(17)21(26)23-19/h5-11H,4,12-13H2,1-3H3,(H,22,23,26). The predicted octanol–water partition coefficient (Wildman–Crippen LogP) is 2.83. The number of aryl methyl sites for hydroxylation is 1. The van der Waals surface area contributed by atoms with Crippen LogP contribution in [0.1, 0.15) is 23.9 Å². The van der Waals surface area contributed by atoms with Crippen LogP contribution in [0.15, 0.2) is 47.3 Å². The second kappa shape index (κ2) is 8.03. The minimum Gasteiger partial charge on any atom is -0.496 e. The number of methoxy groups -OCH3 is 1. The summed E-state index contributed by atoms with van der Waals surface area (Å²) in [6.07, 6.45) is 0.233. The monoisotopic (exact) mass is 365 g/mol. The number of amides is 1. The second-order valence-electron chi connectivity index (χ2n) is 6.43. The molecule has 6 heteroatoms. The molecule has 3 aromatic rings. The van der Waals surface area contributed by atoms with Crippen molar-refractivity contribution in [1.82, 2.24) is 14.9 Å². The Morgan fingerprint density at radius 3 is 2.74 bits per heavy atom. The Labute approximate surface area is 157 Å². The number of nitrogens with one attached hydrogen (secondary N) is 1. The van der Waals surface area contributed by atoms with Crippen molar-refractivity contribution in [3.8, 4) is 5.75 Å². The molecule has 0 atom stereocenters. The topological polar surface area (TPSA) is 75.3 Å². The van der Waals surface area contributed by atoms with Gasteiger partial charge in [-0.25, -0.2) is 4.98 Å². The Kier molecular flexibility index (Phi) is 5.54. The maximum absolute atomic E-state index is 12.8. The first-order chi connectivity index (χ1) is 13.0. The summed E-state index contributed by atoms with van der Waals surface area (Å²) in [5.41, 5.74) is 2.35. The van der Waals surface area contributed by atoms with Crippen LogP contribution in [0.2, 0.25) is 0 Å². The molecule has 2 aromatic carbocycles. The average Bonchev–Trinajstić information content (AvgIpc) is 2.66. The van der Waals surface area contributed by atoms with Crippen LogP contribution in [0.4, 0.5) is 0 Å². The van der Waals surface area contributed by atoms with Gasteiger partial charge in [-0.05, 0) is 32.0 Å². The van der Waals surface area contributed by atoms with Crippen LogP contribution in [-0.4, -0.2) is 34.4 Å². The fourth-order valence-corrected chi connectivity index (χ4v) is 3.09. The summed E-state index contributed by atoms with van der Waals surface area (Å²) in [5.74, 6) is 1.13. The molecule has 0 aliphatic heterocycles. The minimum absolute atomic E-state index is 0.0443. The second-order valence-corrected chi connectivity index (χ2v) is 6.43. The summed E-state index contributed by atoms with van der Waals surface area (Å²) < 4.78 is 5.37. The van der Waals surface area contributed by atoms with Crippen molar-refractivity contribution in [3.05, 3.63) is 69.8 Å². The van der Waals surface area contributed by atoms with Gasteiger partial charge in [0.25, 0.3) is 5.56 Å². The van der Waals surface area contributed by atoms with Gasteiger partial charge in [-0.3, -0.25) is 9.59 Å². The van der Waals surface area contributed by atoms with Gasteiger partial charge in [0.05, 0.1) is 31.0 Å². The third kappa shape index (κ3) is 4.16. The van der Waals surface area contributed by atoms with Crippen molar-refractivity contribution < 1.29 is 9.53 Å². The lowest BCUT2D eigenvalue weighted by Gasteiger charge is -2.21. The molecular formula is C21H23N3O3. The summed E-state index contributed by atoms with van der Waals surface area (Å²) in [4.78, 5) is 34.0. The number of benzene rings is 2. The molecule has 1 amide bonds. The highest BCUT2D eigenvalue weighted by atomic mass is 16.5. The number of aromatic amines is 1. The molecule has 0 unspecified atom stereocenters. The van der Waals surface area contributed by atoms with Gasteiger partial charge in [0.15, 0.2) is 0 Å². The number of rotatable bonds is 6. The number of fused-ring (bicyclic) bond motifs is 1. The van der Waals surface area contributed by atoms with E-state index < -0.39 is 0 Å². The van der Waals surface area contributed by atoms with Crippen molar-refractivity contribution in [3.63, 3.8) is 0 Å².